The van der Waals surface area contributed by atoms with E-state index in [2.05, 4.69) is 36.5 Å². The quantitative estimate of drug-likeness (QED) is 0.872. The Morgan fingerprint density at radius 3 is 2.37 bits per heavy atom. The summed E-state index contributed by atoms with van der Waals surface area (Å²) in [4.78, 5) is 0. The van der Waals surface area contributed by atoms with E-state index in [1.807, 2.05) is 0 Å². The van der Waals surface area contributed by atoms with Crippen molar-refractivity contribution in [3.63, 3.8) is 0 Å². The SMILES string of the molecule is CC1OCCNC1c1ccc(C2CCCCC2)cc1. The monoisotopic (exact) mass is 259 g/mol. The minimum atomic E-state index is 0.272. The van der Waals surface area contributed by atoms with Crippen molar-refractivity contribution >= 4 is 0 Å². The first-order chi connectivity index (χ1) is 9.34. The molecule has 1 N–H and O–H groups in total. The van der Waals surface area contributed by atoms with Crippen LogP contribution in [0.5, 0.6) is 0 Å². The number of morpholine rings is 1. The van der Waals surface area contributed by atoms with Crippen molar-refractivity contribution in [2.75, 3.05) is 13.2 Å². The molecule has 1 aliphatic heterocycles. The molecule has 1 saturated heterocycles. The summed E-state index contributed by atoms with van der Waals surface area (Å²) in [7, 11) is 0. The molecule has 0 radical (unpaired) electrons. The van der Waals surface area contributed by atoms with Crippen LogP contribution in [-0.4, -0.2) is 19.3 Å². The zero-order chi connectivity index (χ0) is 13.1. The van der Waals surface area contributed by atoms with Gasteiger partial charge in [0.2, 0.25) is 0 Å². The molecular formula is C17H25NO. The molecule has 1 heterocycles. The zero-order valence-corrected chi connectivity index (χ0v) is 11.9. The lowest BCUT2D eigenvalue weighted by Gasteiger charge is -2.31. The molecule has 0 spiro atoms. The first-order valence-electron chi connectivity index (χ1n) is 7.79. The predicted molar refractivity (Wildman–Crippen MR) is 78.4 cm³/mol. The molecule has 1 saturated carbocycles. The Kier molecular flexibility index (Phi) is 4.19. The van der Waals surface area contributed by atoms with Gasteiger partial charge in [-0.1, -0.05) is 43.5 Å². The number of hydrogen-bond donors (Lipinski definition) is 1. The van der Waals surface area contributed by atoms with Crippen LogP contribution in [0.3, 0.4) is 0 Å². The van der Waals surface area contributed by atoms with Gasteiger partial charge >= 0.3 is 0 Å². The second kappa shape index (κ2) is 6.06. The van der Waals surface area contributed by atoms with E-state index in [1.54, 1.807) is 0 Å². The molecular weight excluding hydrogens is 234 g/mol. The van der Waals surface area contributed by atoms with Gasteiger partial charge in [-0.05, 0) is 36.8 Å². The van der Waals surface area contributed by atoms with Crippen LogP contribution in [0.4, 0.5) is 0 Å². The summed E-state index contributed by atoms with van der Waals surface area (Å²) in [6.07, 6.45) is 7.26. The van der Waals surface area contributed by atoms with Gasteiger partial charge in [0.1, 0.15) is 0 Å². The normalized spacial score (nSPS) is 29.3. The molecule has 1 aromatic rings. The van der Waals surface area contributed by atoms with E-state index in [0.29, 0.717) is 6.04 Å². The number of nitrogens with one attached hydrogen (secondary N) is 1. The number of ether oxygens (including phenoxy) is 1. The first-order valence-corrected chi connectivity index (χ1v) is 7.79. The van der Waals surface area contributed by atoms with Crippen LogP contribution >= 0.6 is 0 Å². The van der Waals surface area contributed by atoms with Crippen LogP contribution in [-0.2, 0) is 4.74 Å². The fourth-order valence-corrected chi connectivity index (χ4v) is 3.52. The van der Waals surface area contributed by atoms with Crippen LogP contribution in [0.15, 0.2) is 24.3 Å². The Morgan fingerprint density at radius 1 is 1.00 bits per heavy atom. The fraction of sp³-hybridized carbons (Fsp3) is 0.647. The molecule has 19 heavy (non-hydrogen) atoms. The molecule has 1 aliphatic carbocycles. The Hall–Kier alpha value is -0.860. The molecule has 104 valence electrons. The average molecular weight is 259 g/mol. The molecule has 1 aromatic carbocycles. The molecule has 2 aliphatic rings. The Balaban J connectivity index is 1.70. The minimum absolute atomic E-state index is 0.272. The van der Waals surface area contributed by atoms with Crippen LogP contribution in [0, 0.1) is 0 Å². The van der Waals surface area contributed by atoms with Gasteiger partial charge in [-0.2, -0.15) is 0 Å². The smallest absolute Gasteiger partial charge is 0.0742 e. The molecule has 2 heteroatoms. The average Bonchev–Trinajstić information content (AvgIpc) is 2.49. The van der Waals surface area contributed by atoms with Crippen LogP contribution < -0.4 is 5.32 Å². The van der Waals surface area contributed by atoms with Gasteiger partial charge in [0, 0.05) is 6.54 Å². The maximum atomic E-state index is 5.73. The van der Waals surface area contributed by atoms with E-state index in [-0.39, 0.29) is 6.10 Å². The Labute approximate surface area is 116 Å². The highest BCUT2D eigenvalue weighted by molar-refractivity contribution is 5.28. The van der Waals surface area contributed by atoms with Crippen LogP contribution in [0.1, 0.15) is 62.1 Å². The maximum absolute atomic E-state index is 5.73. The van der Waals surface area contributed by atoms with E-state index in [4.69, 9.17) is 4.74 Å². The van der Waals surface area contributed by atoms with E-state index in [1.165, 1.54) is 43.2 Å². The third kappa shape index (κ3) is 3.01. The molecule has 0 bridgehead atoms. The molecule has 3 rings (SSSR count). The second-order valence-electron chi connectivity index (χ2n) is 6.01. The number of hydrogen-bond acceptors (Lipinski definition) is 2. The minimum Gasteiger partial charge on any atom is -0.375 e. The third-order valence-electron chi connectivity index (χ3n) is 4.69. The van der Waals surface area contributed by atoms with Gasteiger partial charge in [0.25, 0.3) is 0 Å². The third-order valence-corrected chi connectivity index (χ3v) is 4.69. The highest BCUT2D eigenvalue weighted by atomic mass is 16.5. The predicted octanol–water partition coefficient (Wildman–Crippen LogP) is 3.78. The van der Waals surface area contributed by atoms with Crippen molar-refractivity contribution in [1.82, 2.24) is 5.32 Å². The zero-order valence-electron chi connectivity index (χ0n) is 11.9. The standard InChI is InChI=1S/C17H25NO/c1-13-17(18-11-12-19-13)16-9-7-15(8-10-16)14-5-3-2-4-6-14/h7-10,13-14,17-18H,2-6,11-12H2,1H3. The fourth-order valence-electron chi connectivity index (χ4n) is 3.52. The van der Waals surface area contributed by atoms with Crippen LogP contribution in [0.2, 0.25) is 0 Å². The molecule has 2 unspecified atom stereocenters. The van der Waals surface area contributed by atoms with Crippen molar-refractivity contribution in [2.45, 2.75) is 57.1 Å². The number of benzene rings is 1. The van der Waals surface area contributed by atoms with Gasteiger partial charge in [0.15, 0.2) is 0 Å². The second-order valence-corrected chi connectivity index (χ2v) is 6.01. The topological polar surface area (TPSA) is 21.3 Å². The lowest BCUT2D eigenvalue weighted by Crippen LogP contribution is -2.40. The van der Waals surface area contributed by atoms with Crippen molar-refractivity contribution in [1.29, 1.82) is 0 Å². The van der Waals surface area contributed by atoms with Gasteiger partial charge in [-0.3, -0.25) is 0 Å². The largest absolute Gasteiger partial charge is 0.375 e. The Morgan fingerprint density at radius 2 is 1.68 bits per heavy atom. The van der Waals surface area contributed by atoms with Crippen molar-refractivity contribution in [2.24, 2.45) is 0 Å². The van der Waals surface area contributed by atoms with Crippen molar-refractivity contribution in [3.8, 4) is 0 Å². The molecule has 0 amide bonds. The lowest BCUT2D eigenvalue weighted by atomic mass is 9.83. The molecule has 0 aromatic heterocycles. The summed E-state index contributed by atoms with van der Waals surface area (Å²) in [5, 5.41) is 3.56. The molecule has 2 fully saturated rings. The van der Waals surface area contributed by atoms with E-state index < -0.39 is 0 Å². The van der Waals surface area contributed by atoms with E-state index >= 15 is 0 Å². The summed E-state index contributed by atoms with van der Waals surface area (Å²) >= 11 is 0. The summed E-state index contributed by atoms with van der Waals surface area (Å²) in [5.74, 6) is 0.802. The van der Waals surface area contributed by atoms with E-state index in [9.17, 15) is 0 Å². The van der Waals surface area contributed by atoms with Crippen LogP contribution in [0.25, 0.3) is 0 Å². The lowest BCUT2D eigenvalue weighted by molar-refractivity contribution is 0.00755. The first kappa shape index (κ1) is 13.1. The van der Waals surface area contributed by atoms with Gasteiger partial charge in [0.05, 0.1) is 18.8 Å². The number of rotatable bonds is 2. The maximum Gasteiger partial charge on any atom is 0.0742 e. The Bertz CT molecular complexity index is 394. The van der Waals surface area contributed by atoms with Gasteiger partial charge in [-0.25, -0.2) is 0 Å². The summed E-state index contributed by atoms with van der Waals surface area (Å²) < 4.78 is 5.73. The summed E-state index contributed by atoms with van der Waals surface area (Å²) in [6.45, 7) is 3.95. The molecule has 2 atom stereocenters. The molecule has 2 nitrogen and oxygen atoms in total. The highest BCUT2D eigenvalue weighted by Gasteiger charge is 2.23. The highest BCUT2D eigenvalue weighted by Crippen LogP contribution is 2.33. The van der Waals surface area contributed by atoms with Crippen molar-refractivity contribution in [3.05, 3.63) is 35.4 Å². The van der Waals surface area contributed by atoms with Gasteiger partial charge < -0.3 is 10.1 Å². The van der Waals surface area contributed by atoms with Crippen molar-refractivity contribution < 1.29 is 4.74 Å². The summed E-state index contributed by atoms with van der Waals surface area (Å²) in [5.41, 5.74) is 2.90. The summed E-state index contributed by atoms with van der Waals surface area (Å²) in [6, 6.07) is 9.64. The van der Waals surface area contributed by atoms with E-state index in [0.717, 1.165) is 19.1 Å². The van der Waals surface area contributed by atoms with Gasteiger partial charge in [-0.15, -0.1) is 0 Å².